The van der Waals surface area contributed by atoms with Crippen LogP contribution >= 0.6 is 35.3 Å². The van der Waals surface area contributed by atoms with Crippen molar-refractivity contribution in [3.8, 4) is 5.75 Å². The van der Waals surface area contributed by atoms with Crippen molar-refractivity contribution in [3.05, 3.63) is 52.5 Å². The van der Waals surface area contributed by atoms with Gasteiger partial charge in [0.1, 0.15) is 17.1 Å². The number of benzene rings is 2. The summed E-state index contributed by atoms with van der Waals surface area (Å²) in [6.07, 6.45) is 1.26. The molecule has 0 bridgehead atoms. The second-order valence-corrected chi connectivity index (χ2v) is 9.01. The molecule has 1 aliphatic rings. The van der Waals surface area contributed by atoms with E-state index in [1.165, 1.54) is 18.3 Å². The second kappa shape index (κ2) is 11.1. The Bertz CT molecular complexity index is 950. The summed E-state index contributed by atoms with van der Waals surface area (Å²) in [4.78, 5) is 2.38. The lowest BCUT2D eigenvalue weighted by Gasteiger charge is -2.24. The Hall–Kier alpha value is -1.85. The van der Waals surface area contributed by atoms with Gasteiger partial charge in [-0.15, -0.1) is 0 Å². The van der Waals surface area contributed by atoms with Gasteiger partial charge >= 0.3 is 0 Å². The van der Waals surface area contributed by atoms with Crippen molar-refractivity contribution in [2.45, 2.75) is 10.4 Å². The van der Waals surface area contributed by atoms with E-state index >= 15 is 0 Å². The van der Waals surface area contributed by atoms with Crippen LogP contribution in [0, 0.1) is 5.82 Å². The van der Waals surface area contributed by atoms with Crippen molar-refractivity contribution in [3.63, 3.8) is 0 Å². The molecule has 1 unspecified atom stereocenters. The maximum Gasteiger partial charge on any atom is 0.175 e. The molecule has 1 atom stereocenters. The molecule has 0 fully saturated rings. The summed E-state index contributed by atoms with van der Waals surface area (Å²) in [6, 6.07) is 8.49. The minimum atomic E-state index is -0.445. The number of thioether (sulfide) groups is 1. The van der Waals surface area contributed by atoms with Crippen LogP contribution in [0.2, 0.25) is 5.02 Å². The summed E-state index contributed by atoms with van der Waals surface area (Å²) in [5.74, 6) is 0.274. The molecule has 0 aliphatic carbocycles. The molecule has 11 heteroatoms. The van der Waals surface area contributed by atoms with Crippen LogP contribution in [0.15, 0.2) is 46.6 Å². The Kier molecular flexibility index (Phi) is 8.56. The van der Waals surface area contributed by atoms with E-state index in [1.807, 2.05) is 32.3 Å². The first-order valence-corrected chi connectivity index (χ1v) is 11.5. The average molecular weight is 488 g/mol. The van der Waals surface area contributed by atoms with E-state index in [0.717, 1.165) is 53.9 Å². The predicted molar refractivity (Wildman–Crippen MR) is 128 cm³/mol. The van der Waals surface area contributed by atoms with E-state index in [0.29, 0.717) is 15.6 Å². The third-order valence-corrected chi connectivity index (χ3v) is 6.64. The Balaban J connectivity index is 1.76. The average Bonchev–Trinajstić information content (AvgIpc) is 3.18. The zero-order valence-corrected chi connectivity index (χ0v) is 19.7. The van der Waals surface area contributed by atoms with Gasteiger partial charge in [-0.3, -0.25) is 0 Å². The van der Waals surface area contributed by atoms with Crippen LogP contribution in [0.25, 0.3) is 0 Å². The molecule has 31 heavy (non-hydrogen) atoms. The fourth-order valence-electron chi connectivity index (χ4n) is 2.80. The molecular weight excluding hydrogens is 464 g/mol. The van der Waals surface area contributed by atoms with Gasteiger partial charge in [-0.2, -0.15) is 4.39 Å². The van der Waals surface area contributed by atoms with Crippen LogP contribution < -0.4 is 30.3 Å². The lowest BCUT2D eigenvalue weighted by atomic mass is 10.2. The van der Waals surface area contributed by atoms with E-state index in [-0.39, 0.29) is 10.7 Å². The maximum atomic E-state index is 14.7. The number of ether oxygens (including phenoxy) is 1. The SMILES string of the molecule is CNCCN(C)c1cc(OC)ccc1Nc1cc(F)c(SNC2NC=C(F)S2)cc1Cl. The fraction of sp³-hybridized carbons (Fsp3) is 0.300. The van der Waals surface area contributed by atoms with Crippen molar-refractivity contribution < 1.29 is 13.5 Å². The van der Waals surface area contributed by atoms with E-state index in [2.05, 4.69) is 25.6 Å². The number of nitrogens with one attached hydrogen (secondary N) is 4. The van der Waals surface area contributed by atoms with Crippen molar-refractivity contribution in [1.29, 1.82) is 0 Å². The maximum absolute atomic E-state index is 14.7. The van der Waals surface area contributed by atoms with Gasteiger partial charge in [0.2, 0.25) is 0 Å². The first-order valence-electron chi connectivity index (χ1n) is 9.42. The Morgan fingerprint density at radius 2 is 2.06 bits per heavy atom. The number of anilines is 3. The van der Waals surface area contributed by atoms with Gasteiger partial charge in [-0.05, 0) is 37.2 Å². The molecule has 0 aromatic heterocycles. The standard InChI is InChI=1S/C20H24ClF2N5OS2/c1-24-6-7-28(2)17-8-12(29-3)4-5-15(17)26-16-10-14(22)18(9-13(16)21)31-27-20-25-11-19(23)30-20/h4-5,8-11,20,24-27H,6-7H2,1-3H3. The van der Waals surface area contributed by atoms with E-state index < -0.39 is 5.82 Å². The summed E-state index contributed by atoms with van der Waals surface area (Å²) >= 11 is 8.46. The van der Waals surface area contributed by atoms with Gasteiger partial charge in [-0.1, -0.05) is 23.4 Å². The summed E-state index contributed by atoms with van der Waals surface area (Å²) < 4.78 is 36.1. The van der Waals surface area contributed by atoms with Gasteiger partial charge in [0.25, 0.3) is 0 Å². The predicted octanol–water partition coefficient (Wildman–Crippen LogP) is 4.87. The van der Waals surface area contributed by atoms with E-state index in [4.69, 9.17) is 16.3 Å². The third kappa shape index (κ3) is 6.33. The quantitative estimate of drug-likeness (QED) is 0.354. The van der Waals surface area contributed by atoms with Crippen molar-refractivity contribution >= 4 is 52.4 Å². The Labute approximate surface area is 194 Å². The van der Waals surface area contributed by atoms with Crippen LogP contribution in [0.1, 0.15) is 0 Å². The topological polar surface area (TPSA) is 60.6 Å². The zero-order valence-electron chi connectivity index (χ0n) is 17.3. The molecule has 2 aromatic rings. The Morgan fingerprint density at radius 1 is 1.26 bits per heavy atom. The molecule has 2 aromatic carbocycles. The van der Waals surface area contributed by atoms with Crippen LogP contribution in [0.4, 0.5) is 25.8 Å². The molecular formula is C20H24ClF2N5OS2. The molecule has 0 spiro atoms. The lowest BCUT2D eigenvalue weighted by molar-refractivity contribution is 0.415. The normalized spacial score (nSPS) is 15.4. The summed E-state index contributed by atoms with van der Waals surface area (Å²) in [7, 11) is 5.47. The van der Waals surface area contributed by atoms with Crippen molar-refractivity contribution in [2.24, 2.45) is 0 Å². The lowest BCUT2D eigenvalue weighted by Crippen LogP contribution is -2.28. The van der Waals surface area contributed by atoms with Crippen molar-refractivity contribution in [2.75, 3.05) is 44.5 Å². The van der Waals surface area contributed by atoms with Crippen LogP contribution in [0.3, 0.4) is 0 Å². The van der Waals surface area contributed by atoms with Crippen molar-refractivity contribution in [1.82, 2.24) is 15.4 Å². The van der Waals surface area contributed by atoms with E-state index in [9.17, 15) is 8.78 Å². The highest BCUT2D eigenvalue weighted by Gasteiger charge is 2.19. The summed E-state index contributed by atoms with van der Waals surface area (Å²) in [5, 5.41) is 9.19. The molecule has 0 radical (unpaired) electrons. The number of hydrogen-bond donors (Lipinski definition) is 4. The monoisotopic (exact) mass is 487 g/mol. The molecule has 3 rings (SSSR count). The van der Waals surface area contributed by atoms with Gasteiger partial charge in [-0.25, -0.2) is 9.11 Å². The Morgan fingerprint density at radius 3 is 2.74 bits per heavy atom. The molecule has 168 valence electrons. The van der Waals surface area contributed by atoms with Crippen LogP contribution in [-0.4, -0.2) is 39.8 Å². The zero-order chi connectivity index (χ0) is 22.4. The minimum absolute atomic E-state index is 0.311. The molecule has 1 aliphatic heterocycles. The first kappa shape index (κ1) is 23.8. The third-order valence-electron chi connectivity index (χ3n) is 4.46. The highest BCUT2D eigenvalue weighted by Crippen LogP contribution is 2.37. The van der Waals surface area contributed by atoms with Crippen LogP contribution in [-0.2, 0) is 0 Å². The molecule has 6 nitrogen and oxygen atoms in total. The number of methoxy groups -OCH3 is 1. The summed E-state index contributed by atoms with van der Waals surface area (Å²) in [5.41, 5.74) is 1.73. The van der Waals surface area contributed by atoms with Gasteiger partial charge in [0.15, 0.2) is 5.16 Å². The van der Waals surface area contributed by atoms with Gasteiger partial charge in [0, 0.05) is 38.5 Å². The molecule has 0 amide bonds. The highest BCUT2D eigenvalue weighted by atomic mass is 35.5. The van der Waals surface area contributed by atoms with Gasteiger partial charge < -0.3 is 25.6 Å². The number of nitrogens with zero attached hydrogens (tertiary/aromatic N) is 1. The first-order chi connectivity index (χ1) is 14.9. The molecule has 0 saturated heterocycles. The minimum Gasteiger partial charge on any atom is -0.497 e. The molecule has 1 heterocycles. The second-order valence-electron chi connectivity index (χ2n) is 6.63. The number of likely N-dealkylation sites (N-methyl/N-ethyl adjacent to an activating group) is 2. The molecule has 0 saturated carbocycles. The summed E-state index contributed by atoms with van der Waals surface area (Å²) in [6.45, 7) is 1.57. The number of hydrogen-bond acceptors (Lipinski definition) is 8. The van der Waals surface area contributed by atoms with Gasteiger partial charge in [0.05, 0.1) is 34.1 Å². The molecule has 4 N–H and O–H groups in total. The number of halogens is 3. The van der Waals surface area contributed by atoms with Crippen LogP contribution in [0.5, 0.6) is 5.75 Å². The number of rotatable bonds is 10. The highest BCUT2D eigenvalue weighted by molar-refractivity contribution is 8.05. The fourth-order valence-corrected chi connectivity index (χ4v) is 4.55. The smallest absolute Gasteiger partial charge is 0.175 e. The largest absolute Gasteiger partial charge is 0.497 e. The van der Waals surface area contributed by atoms with E-state index in [1.54, 1.807) is 7.11 Å².